The predicted octanol–water partition coefficient (Wildman–Crippen LogP) is 3.75. The molecule has 0 radical (unpaired) electrons. The topological polar surface area (TPSA) is 115 Å². The molecule has 41 heavy (non-hydrogen) atoms. The van der Waals surface area contributed by atoms with Gasteiger partial charge in [0.2, 0.25) is 5.88 Å². The number of ether oxygens (including phenoxy) is 1. The maximum absolute atomic E-state index is 6.24. The second-order valence-corrected chi connectivity index (χ2v) is 11.5. The van der Waals surface area contributed by atoms with Crippen LogP contribution in [0.4, 0.5) is 11.6 Å². The van der Waals surface area contributed by atoms with E-state index in [4.69, 9.17) is 24.8 Å². The van der Waals surface area contributed by atoms with E-state index in [0.717, 1.165) is 59.9 Å². The van der Waals surface area contributed by atoms with Crippen LogP contribution < -0.4 is 10.1 Å². The van der Waals surface area contributed by atoms with Crippen molar-refractivity contribution in [1.29, 1.82) is 0 Å². The maximum Gasteiger partial charge on any atom is 0.222 e. The van der Waals surface area contributed by atoms with Gasteiger partial charge in [0.25, 0.3) is 0 Å². The molecule has 7 heterocycles. The number of likely N-dealkylation sites (N-methyl/N-ethyl adjacent to an activating group) is 1. The summed E-state index contributed by atoms with van der Waals surface area (Å²) in [6.45, 7) is 9.79. The molecule has 210 valence electrons. The number of allylic oxidation sites excluding steroid dienone is 1. The summed E-state index contributed by atoms with van der Waals surface area (Å²) in [7, 11) is 4.02. The zero-order valence-corrected chi connectivity index (χ0v) is 23.9. The molecule has 5 aromatic heterocycles. The minimum atomic E-state index is -0.111. The third-order valence-electron chi connectivity index (χ3n) is 7.60. The molecule has 1 atom stereocenters. The average molecular weight is 570 g/mol. The fourth-order valence-electron chi connectivity index (χ4n) is 5.28. The molecule has 4 bridgehead atoms. The SMILES string of the molecule is C=C[C@H]1CCOc2c(cnn2C)-c2nccc(n2)Nc2cc3c(cn2)c(-c2ncc(CN4CCN(C)CC4)s2)nn31. The molecule has 13 heteroatoms. The van der Waals surface area contributed by atoms with Gasteiger partial charge in [-0.1, -0.05) is 6.08 Å². The zero-order valence-electron chi connectivity index (χ0n) is 23.1. The number of aryl methyl sites for hydroxylation is 1. The highest BCUT2D eigenvalue weighted by atomic mass is 32.1. The van der Waals surface area contributed by atoms with Crippen molar-refractivity contribution in [3.05, 3.63) is 54.5 Å². The van der Waals surface area contributed by atoms with Gasteiger partial charge in [0.15, 0.2) is 5.82 Å². The van der Waals surface area contributed by atoms with Crippen LogP contribution in [0.15, 0.2) is 49.6 Å². The summed E-state index contributed by atoms with van der Waals surface area (Å²) in [6.07, 6.45) is 9.85. The summed E-state index contributed by atoms with van der Waals surface area (Å²) < 4.78 is 9.95. The lowest BCUT2D eigenvalue weighted by Gasteiger charge is -2.31. The number of nitrogens with one attached hydrogen (secondary N) is 1. The van der Waals surface area contributed by atoms with Gasteiger partial charge in [0.05, 0.1) is 24.4 Å². The van der Waals surface area contributed by atoms with Crippen LogP contribution in [-0.2, 0) is 13.6 Å². The van der Waals surface area contributed by atoms with Gasteiger partial charge in [-0.25, -0.2) is 24.6 Å². The molecular formula is C28H31N11OS. The lowest BCUT2D eigenvalue weighted by atomic mass is 10.2. The molecule has 0 amide bonds. The molecule has 12 nitrogen and oxygen atoms in total. The number of piperazine rings is 1. The maximum atomic E-state index is 6.24. The van der Waals surface area contributed by atoms with Crippen LogP contribution in [0.3, 0.4) is 0 Å². The third kappa shape index (κ3) is 4.96. The van der Waals surface area contributed by atoms with Crippen molar-refractivity contribution in [2.75, 3.05) is 45.2 Å². The summed E-state index contributed by atoms with van der Waals surface area (Å²) in [5, 5.41) is 14.6. The Bertz CT molecular complexity index is 1720. The monoisotopic (exact) mass is 569 g/mol. The predicted molar refractivity (Wildman–Crippen MR) is 158 cm³/mol. The Labute approximate surface area is 241 Å². The van der Waals surface area contributed by atoms with E-state index in [1.54, 1.807) is 28.4 Å². The smallest absolute Gasteiger partial charge is 0.222 e. The Balaban J connectivity index is 1.27. The molecule has 5 aromatic rings. The van der Waals surface area contributed by atoms with E-state index >= 15 is 0 Å². The molecule has 0 unspecified atom stereocenters. The van der Waals surface area contributed by atoms with E-state index in [1.165, 1.54) is 4.88 Å². The highest BCUT2D eigenvalue weighted by molar-refractivity contribution is 7.15. The first-order chi connectivity index (χ1) is 20.1. The van der Waals surface area contributed by atoms with Gasteiger partial charge in [-0.2, -0.15) is 10.2 Å². The number of aromatic nitrogens is 8. The van der Waals surface area contributed by atoms with Gasteiger partial charge < -0.3 is 15.0 Å². The minimum Gasteiger partial charge on any atom is -0.477 e. The van der Waals surface area contributed by atoms with Gasteiger partial charge >= 0.3 is 0 Å². The van der Waals surface area contributed by atoms with Gasteiger partial charge in [0, 0.05) is 81.1 Å². The second-order valence-electron chi connectivity index (χ2n) is 10.4. The highest BCUT2D eigenvalue weighted by Gasteiger charge is 2.23. The van der Waals surface area contributed by atoms with E-state index in [0.29, 0.717) is 36.4 Å². The number of thiazole rings is 1. The molecule has 2 aliphatic rings. The minimum absolute atomic E-state index is 0.111. The van der Waals surface area contributed by atoms with E-state index in [-0.39, 0.29) is 6.04 Å². The molecule has 1 N–H and O–H groups in total. The van der Waals surface area contributed by atoms with Gasteiger partial charge in [-0.05, 0) is 13.1 Å². The van der Waals surface area contributed by atoms with Crippen molar-refractivity contribution in [3.63, 3.8) is 0 Å². The molecule has 0 aromatic carbocycles. The van der Waals surface area contributed by atoms with Crippen molar-refractivity contribution in [2.45, 2.75) is 19.0 Å². The Morgan fingerprint density at radius 1 is 1.10 bits per heavy atom. The van der Waals surface area contributed by atoms with Crippen molar-refractivity contribution in [3.8, 4) is 28.0 Å². The largest absolute Gasteiger partial charge is 0.477 e. The number of nitrogens with zero attached hydrogens (tertiary/aromatic N) is 10. The van der Waals surface area contributed by atoms with E-state index in [1.807, 2.05) is 42.3 Å². The standard InChI is InChI=1S/C28H31N11OS/c1-4-18-6-12-40-28-21(16-32-37(28)3)26-29-7-5-23(34-26)33-24-13-22-20(15-30-24)25(35-39(18)22)27-31-14-19(41-27)17-38-10-8-36(2)9-11-38/h4-5,7,13-16,18H,1,6,8-12,17H2,2-3H3,(H,29,30,33,34)/t18-/m0/s1. The van der Waals surface area contributed by atoms with Crippen LogP contribution in [0.1, 0.15) is 17.3 Å². The second kappa shape index (κ2) is 10.7. The Morgan fingerprint density at radius 2 is 1.98 bits per heavy atom. The first-order valence-corrected chi connectivity index (χ1v) is 14.5. The fraction of sp³-hybridized carbons (Fsp3) is 0.357. The molecule has 1 saturated heterocycles. The van der Waals surface area contributed by atoms with Crippen LogP contribution in [0.25, 0.3) is 33.0 Å². The van der Waals surface area contributed by atoms with Gasteiger partial charge in [0.1, 0.15) is 27.9 Å². The Hall–Kier alpha value is -4.20. The first kappa shape index (κ1) is 25.7. The van der Waals surface area contributed by atoms with Crippen LogP contribution >= 0.6 is 11.3 Å². The first-order valence-electron chi connectivity index (χ1n) is 13.7. The lowest BCUT2D eigenvalue weighted by molar-refractivity contribution is 0.149. The summed E-state index contributed by atoms with van der Waals surface area (Å²) in [5.74, 6) is 2.42. The summed E-state index contributed by atoms with van der Waals surface area (Å²) in [4.78, 5) is 24.8. The molecule has 0 saturated carbocycles. The van der Waals surface area contributed by atoms with Crippen molar-refractivity contribution in [1.82, 2.24) is 49.3 Å². The van der Waals surface area contributed by atoms with E-state index in [9.17, 15) is 0 Å². The fourth-order valence-corrected chi connectivity index (χ4v) is 6.24. The normalized spacial score (nSPS) is 18.0. The number of hydrogen-bond donors (Lipinski definition) is 1. The number of rotatable bonds is 4. The molecule has 0 aliphatic carbocycles. The summed E-state index contributed by atoms with van der Waals surface area (Å²) in [5.41, 5.74) is 2.49. The van der Waals surface area contributed by atoms with Gasteiger partial charge in [-0.3, -0.25) is 9.58 Å². The van der Waals surface area contributed by atoms with Crippen molar-refractivity contribution < 1.29 is 4.74 Å². The lowest BCUT2D eigenvalue weighted by Crippen LogP contribution is -2.43. The van der Waals surface area contributed by atoms with Crippen LogP contribution in [0, 0.1) is 0 Å². The highest BCUT2D eigenvalue weighted by Crippen LogP contribution is 2.35. The van der Waals surface area contributed by atoms with E-state index in [2.05, 4.69) is 38.8 Å². The molecule has 2 aliphatic heterocycles. The van der Waals surface area contributed by atoms with Crippen molar-refractivity contribution >= 4 is 33.9 Å². The third-order valence-corrected chi connectivity index (χ3v) is 8.59. The average Bonchev–Trinajstić information content (AvgIpc) is 3.69. The van der Waals surface area contributed by atoms with Crippen LogP contribution in [0.5, 0.6) is 5.88 Å². The molecule has 1 fully saturated rings. The van der Waals surface area contributed by atoms with Gasteiger partial charge in [-0.15, -0.1) is 17.9 Å². The molecular weight excluding hydrogens is 538 g/mol. The number of hydrogen-bond acceptors (Lipinski definition) is 11. The quantitative estimate of drug-likeness (QED) is 0.321. The van der Waals surface area contributed by atoms with Crippen LogP contribution in [-0.4, -0.2) is 89.1 Å². The Morgan fingerprint density at radius 3 is 2.83 bits per heavy atom. The molecule has 0 spiro atoms. The van der Waals surface area contributed by atoms with Crippen LogP contribution in [0.2, 0.25) is 0 Å². The number of anilines is 2. The van der Waals surface area contributed by atoms with E-state index < -0.39 is 0 Å². The zero-order chi connectivity index (χ0) is 27.9. The molecule has 7 rings (SSSR count). The number of fused-ring (bicyclic) bond motifs is 5. The number of pyridine rings is 1. The summed E-state index contributed by atoms with van der Waals surface area (Å²) in [6, 6.07) is 3.70. The summed E-state index contributed by atoms with van der Waals surface area (Å²) >= 11 is 1.70. The van der Waals surface area contributed by atoms with Crippen molar-refractivity contribution in [2.24, 2.45) is 7.05 Å². The Kier molecular flexibility index (Phi) is 6.69.